The number of thiazole rings is 1. The van der Waals surface area contributed by atoms with Crippen LogP contribution >= 0.6 is 27.3 Å². The molecule has 144 valence electrons. The maximum atomic E-state index is 12.3. The SMILES string of the molecule is NC(=O)NCCC[C@@H](CC(=O)Cc1csc(-c2cccc(Br)c2)n1)C(=O)O. The van der Waals surface area contributed by atoms with Crippen LogP contribution in [0.25, 0.3) is 10.6 Å². The molecule has 4 N–H and O–H groups in total. The van der Waals surface area contributed by atoms with Gasteiger partial charge in [0.25, 0.3) is 0 Å². The summed E-state index contributed by atoms with van der Waals surface area (Å²) in [4.78, 5) is 38.7. The Morgan fingerprint density at radius 2 is 2.11 bits per heavy atom. The summed E-state index contributed by atoms with van der Waals surface area (Å²) in [5.74, 6) is -1.97. The second-order valence-electron chi connectivity index (χ2n) is 6.04. The first-order valence-corrected chi connectivity index (χ1v) is 10.0. The van der Waals surface area contributed by atoms with Gasteiger partial charge in [0.05, 0.1) is 11.6 Å². The Balaban J connectivity index is 1.90. The maximum Gasteiger partial charge on any atom is 0.312 e. The van der Waals surface area contributed by atoms with Crippen LogP contribution in [0.15, 0.2) is 34.1 Å². The minimum atomic E-state index is -1.02. The Labute approximate surface area is 169 Å². The van der Waals surface area contributed by atoms with E-state index in [1.807, 2.05) is 29.6 Å². The molecule has 2 rings (SSSR count). The number of rotatable bonds is 10. The van der Waals surface area contributed by atoms with Crippen LogP contribution < -0.4 is 11.1 Å². The van der Waals surface area contributed by atoms with Crippen molar-refractivity contribution < 1.29 is 19.5 Å². The Kier molecular flexibility index (Phi) is 7.93. The van der Waals surface area contributed by atoms with E-state index >= 15 is 0 Å². The van der Waals surface area contributed by atoms with E-state index in [2.05, 4.69) is 26.2 Å². The molecule has 2 aromatic rings. The van der Waals surface area contributed by atoms with E-state index in [1.165, 1.54) is 11.3 Å². The highest BCUT2D eigenvalue weighted by atomic mass is 79.9. The number of nitrogens with zero attached hydrogens (tertiary/aromatic N) is 1. The van der Waals surface area contributed by atoms with Crippen molar-refractivity contribution in [2.75, 3.05) is 6.54 Å². The normalized spacial score (nSPS) is 11.7. The highest BCUT2D eigenvalue weighted by molar-refractivity contribution is 9.10. The fourth-order valence-corrected chi connectivity index (χ4v) is 3.78. The number of ketones is 1. The van der Waals surface area contributed by atoms with Crippen molar-refractivity contribution in [3.8, 4) is 10.6 Å². The lowest BCUT2D eigenvalue weighted by molar-refractivity contribution is -0.144. The number of amides is 2. The molecule has 0 radical (unpaired) electrons. The number of urea groups is 1. The van der Waals surface area contributed by atoms with Gasteiger partial charge in [0, 0.05) is 34.8 Å². The van der Waals surface area contributed by atoms with Gasteiger partial charge in [-0.25, -0.2) is 9.78 Å². The van der Waals surface area contributed by atoms with E-state index in [-0.39, 0.29) is 25.2 Å². The van der Waals surface area contributed by atoms with E-state index in [9.17, 15) is 19.5 Å². The smallest absolute Gasteiger partial charge is 0.312 e. The zero-order valence-corrected chi connectivity index (χ0v) is 16.9. The van der Waals surface area contributed by atoms with Crippen LogP contribution in [0.4, 0.5) is 4.79 Å². The number of nitrogens with two attached hydrogens (primary N) is 1. The molecule has 1 atom stereocenters. The van der Waals surface area contributed by atoms with E-state index in [1.54, 1.807) is 0 Å². The van der Waals surface area contributed by atoms with Crippen LogP contribution in [0.2, 0.25) is 0 Å². The summed E-state index contributed by atoms with van der Waals surface area (Å²) in [5, 5.41) is 14.3. The molecule has 2 amide bonds. The molecule has 0 unspecified atom stereocenters. The van der Waals surface area contributed by atoms with Crippen molar-refractivity contribution in [3.63, 3.8) is 0 Å². The highest BCUT2D eigenvalue weighted by Gasteiger charge is 2.21. The number of hydrogen-bond acceptors (Lipinski definition) is 5. The number of Topliss-reactive ketones (excluding diaryl/α,β-unsaturated/α-hetero) is 1. The molecule has 0 aliphatic carbocycles. The van der Waals surface area contributed by atoms with Gasteiger partial charge in [0.1, 0.15) is 10.8 Å². The van der Waals surface area contributed by atoms with Gasteiger partial charge in [-0.3, -0.25) is 9.59 Å². The fraction of sp³-hybridized carbons (Fsp3) is 0.333. The van der Waals surface area contributed by atoms with E-state index in [4.69, 9.17) is 5.73 Å². The molecule has 0 fully saturated rings. The summed E-state index contributed by atoms with van der Waals surface area (Å²) in [6, 6.07) is 7.08. The first-order valence-electron chi connectivity index (χ1n) is 8.33. The van der Waals surface area contributed by atoms with Gasteiger partial charge < -0.3 is 16.2 Å². The Bertz CT molecular complexity index is 824. The standard InChI is InChI=1S/C18H20BrN3O4S/c19-13-5-1-3-11(7-13)16-22-14(10-27-16)9-15(23)8-12(17(24)25)4-2-6-21-18(20)26/h1,3,5,7,10,12H,2,4,6,8-9H2,(H,24,25)(H3,20,21,26)/t12-/m0/s1. The van der Waals surface area contributed by atoms with Crippen LogP contribution in [-0.2, 0) is 16.0 Å². The first kappa shape index (κ1) is 21.0. The molecule has 1 aromatic heterocycles. The number of carboxylic acids is 1. The third-order valence-electron chi connectivity index (χ3n) is 3.85. The van der Waals surface area contributed by atoms with Crippen LogP contribution in [0.3, 0.4) is 0 Å². The van der Waals surface area contributed by atoms with Gasteiger partial charge >= 0.3 is 12.0 Å². The third kappa shape index (κ3) is 7.10. The summed E-state index contributed by atoms with van der Waals surface area (Å²) < 4.78 is 0.947. The number of carboxylic acid groups (broad SMARTS) is 1. The molecular weight excluding hydrogens is 434 g/mol. The number of hydrogen-bond donors (Lipinski definition) is 3. The predicted octanol–water partition coefficient (Wildman–Crippen LogP) is 3.22. The summed E-state index contributed by atoms with van der Waals surface area (Å²) >= 11 is 4.86. The van der Waals surface area contributed by atoms with E-state index in [0.717, 1.165) is 15.0 Å². The zero-order chi connectivity index (χ0) is 19.8. The minimum absolute atomic E-state index is 0.0599. The van der Waals surface area contributed by atoms with E-state index < -0.39 is 17.9 Å². The summed E-state index contributed by atoms with van der Waals surface area (Å²) in [6.07, 6.45) is 0.780. The molecule has 0 saturated carbocycles. The lowest BCUT2D eigenvalue weighted by atomic mass is 9.95. The molecule has 1 heterocycles. The van der Waals surface area contributed by atoms with Crippen molar-refractivity contribution in [1.82, 2.24) is 10.3 Å². The number of carbonyl (C=O) groups is 3. The molecule has 0 bridgehead atoms. The maximum absolute atomic E-state index is 12.3. The van der Waals surface area contributed by atoms with Gasteiger partial charge in [-0.2, -0.15) is 0 Å². The Morgan fingerprint density at radius 1 is 1.33 bits per heavy atom. The molecule has 9 heteroatoms. The summed E-state index contributed by atoms with van der Waals surface area (Å²) in [5.41, 5.74) is 6.55. The van der Waals surface area contributed by atoms with E-state index in [0.29, 0.717) is 18.5 Å². The number of benzene rings is 1. The number of aliphatic carboxylic acids is 1. The lowest BCUT2D eigenvalue weighted by Gasteiger charge is -2.11. The fourth-order valence-electron chi connectivity index (χ4n) is 2.56. The van der Waals surface area contributed by atoms with Gasteiger partial charge in [-0.05, 0) is 25.0 Å². The van der Waals surface area contributed by atoms with Crippen LogP contribution in [0.1, 0.15) is 25.0 Å². The van der Waals surface area contributed by atoms with Gasteiger partial charge in [-0.1, -0.05) is 28.1 Å². The molecule has 0 saturated heterocycles. The highest BCUT2D eigenvalue weighted by Crippen LogP contribution is 2.26. The second kappa shape index (κ2) is 10.2. The summed E-state index contributed by atoms with van der Waals surface area (Å²) in [6.45, 7) is 0.287. The number of carbonyl (C=O) groups excluding carboxylic acids is 2. The quantitative estimate of drug-likeness (QED) is 0.476. The third-order valence-corrected chi connectivity index (χ3v) is 5.29. The lowest BCUT2D eigenvalue weighted by Crippen LogP contribution is -2.30. The van der Waals surface area contributed by atoms with Gasteiger partial charge in [0.2, 0.25) is 0 Å². The van der Waals surface area contributed by atoms with Crippen LogP contribution in [-0.4, -0.2) is 34.4 Å². The molecular formula is C18H20BrN3O4S. The monoisotopic (exact) mass is 453 g/mol. The molecule has 0 spiro atoms. The van der Waals surface area contributed by atoms with Gasteiger partial charge in [-0.15, -0.1) is 11.3 Å². The minimum Gasteiger partial charge on any atom is -0.481 e. The predicted molar refractivity (Wildman–Crippen MR) is 107 cm³/mol. The van der Waals surface area contributed by atoms with Crippen LogP contribution in [0.5, 0.6) is 0 Å². The number of primary amides is 1. The molecule has 0 aliphatic heterocycles. The summed E-state index contributed by atoms with van der Waals surface area (Å²) in [7, 11) is 0. The van der Waals surface area contributed by atoms with Crippen molar-refractivity contribution in [2.45, 2.75) is 25.7 Å². The van der Waals surface area contributed by atoms with Gasteiger partial charge in [0.15, 0.2) is 0 Å². The largest absolute Gasteiger partial charge is 0.481 e. The van der Waals surface area contributed by atoms with Crippen molar-refractivity contribution in [1.29, 1.82) is 0 Å². The average Bonchev–Trinajstić information content (AvgIpc) is 3.05. The van der Waals surface area contributed by atoms with Crippen LogP contribution in [0, 0.1) is 5.92 Å². The number of aromatic nitrogens is 1. The topological polar surface area (TPSA) is 122 Å². The molecule has 27 heavy (non-hydrogen) atoms. The van der Waals surface area contributed by atoms with Crippen molar-refractivity contribution in [2.24, 2.45) is 11.7 Å². The average molecular weight is 454 g/mol. The first-order chi connectivity index (χ1) is 12.8. The second-order valence-corrected chi connectivity index (χ2v) is 7.82. The Hall–Kier alpha value is -2.26. The Morgan fingerprint density at radius 3 is 2.78 bits per heavy atom. The molecule has 0 aliphatic rings. The molecule has 1 aromatic carbocycles. The van der Waals surface area contributed by atoms with Crippen molar-refractivity contribution in [3.05, 3.63) is 39.8 Å². The number of nitrogens with one attached hydrogen (secondary N) is 1. The molecule has 7 nitrogen and oxygen atoms in total. The zero-order valence-electron chi connectivity index (χ0n) is 14.5. The number of halogens is 1. The van der Waals surface area contributed by atoms with Crippen molar-refractivity contribution >= 4 is 45.1 Å².